The van der Waals surface area contributed by atoms with Crippen molar-refractivity contribution in [2.45, 2.75) is 30.6 Å². The van der Waals surface area contributed by atoms with Crippen LogP contribution in [0.1, 0.15) is 0 Å². The van der Waals surface area contributed by atoms with Gasteiger partial charge in [0, 0.05) is 0 Å². The highest BCUT2D eigenvalue weighted by atomic mass is 31.2. The van der Waals surface area contributed by atoms with E-state index in [1.807, 2.05) is 0 Å². The lowest BCUT2D eigenvalue weighted by atomic mass is 10.2. The molecule has 0 amide bonds. The normalized spacial score (nSPS) is 49.9. The second kappa shape index (κ2) is 7.51. The van der Waals surface area contributed by atoms with Gasteiger partial charge < -0.3 is 24.7 Å². The molecule has 2 aliphatic heterocycles. The van der Waals surface area contributed by atoms with Crippen molar-refractivity contribution in [3.63, 3.8) is 0 Å². The molecular formula is C9H17FO11P2. The van der Waals surface area contributed by atoms with Gasteiger partial charge >= 0.3 is 15.6 Å². The van der Waals surface area contributed by atoms with Crippen LogP contribution in [0.2, 0.25) is 0 Å². The third-order valence-electron chi connectivity index (χ3n) is 3.14. The molecule has 2 rings (SSSR count). The Morgan fingerprint density at radius 1 is 1.04 bits per heavy atom. The molecule has 0 aromatic heterocycles. The fraction of sp³-hybridized carbons (Fsp3) is 1.00. The summed E-state index contributed by atoms with van der Waals surface area (Å²) >= 11 is 0. The van der Waals surface area contributed by atoms with Crippen LogP contribution in [0.25, 0.3) is 0 Å². The number of ether oxygens (including phenoxy) is 1. The molecule has 11 nitrogen and oxygen atoms in total. The van der Waals surface area contributed by atoms with Crippen molar-refractivity contribution >= 4 is 15.6 Å². The van der Waals surface area contributed by atoms with Gasteiger partial charge in [-0.1, -0.05) is 0 Å². The summed E-state index contributed by atoms with van der Waals surface area (Å²) in [5.74, 6) is 0. The Balaban J connectivity index is 2.20. The minimum atomic E-state index is -4.76. The van der Waals surface area contributed by atoms with E-state index in [9.17, 15) is 28.4 Å². The van der Waals surface area contributed by atoms with Gasteiger partial charge in [-0.25, -0.2) is 13.5 Å². The third kappa shape index (κ3) is 5.25. The molecule has 136 valence electrons. The highest BCUT2D eigenvalue weighted by Gasteiger charge is 2.45. The summed E-state index contributed by atoms with van der Waals surface area (Å²) in [6.45, 7) is -2.94. The standard InChI is InChI=1S/C9H17FO11P2/c10-5-2-17-8-4-19-22(13,14)20-7(1-11)6(12)3-18-23(15,16)21-9(5)8/h5-9,11-12H,1-4H2,(H,13,14)(H,15,16)/t5?,6-,7?,8-,9?/m1/s1. The zero-order valence-electron chi connectivity index (χ0n) is 11.6. The first-order chi connectivity index (χ1) is 10.6. The Bertz CT molecular complexity index is 504. The molecule has 5 unspecified atom stereocenters. The Morgan fingerprint density at radius 2 is 1.65 bits per heavy atom. The van der Waals surface area contributed by atoms with E-state index >= 15 is 0 Å². The largest absolute Gasteiger partial charge is 0.472 e. The van der Waals surface area contributed by atoms with Crippen LogP contribution < -0.4 is 0 Å². The van der Waals surface area contributed by atoms with Crippen molar-refractivity contribution in [3.8, 4) is 0 Å². The highest BCUT2D eigenvalue weighted by molar-refractivity contribution is 7.47. The lowest BCUT2D eigenvalue weighted by molar-refractivity contribution is -0.0611. The number of phosphoric acid groups is 2. The van der Waals surface area contributed by atoms with Crippen LogP contribution in [0, 0.1) is 0 Å². The molecule has 0 bridgehead atoms. The number of phosphoric ester groups is 2. The summed E-state index contributed by atoms with van der Waals surface area (Å²) < 4.78 is 60.4. The van der Waals surface area contributed by atoms with E-state index in [1.54, 1.807) is 0 Å². The van der Waals surface area contributed by atoms with Crippen LogP contribution >= 0.6 is 15.6 Å². The molecule has 0 aromatic rings. The number of halogens is 1. The van der Waals surface area contributed by atoms with Crippen molar-refractivity contribution in [1.29, 1.82) is 0 Å². The number of aliphatic hydroxyl groups excluding tert-OH is 2. The summed E-state index contributed by atoms with van der Waals surface area (Å²) in [5.41, 5.74) is 0. The van der Waals surface area contributed by atoms with E-state index in [1.165, 1.54) is 0 Å². The first kappa shape index (κ1) is 19.4. The number of hydrogen-bond acceptors (Lipinski definition) is 9. The number of rotatable bonds is 1. The van der Waals surface area contributed by atoms with E-state index in [-0.39, 0.29) is 0 Å². The average Bonchev–Trinajstić information content (AvgIpc) is 2.80. The SMILES string of the molecule is O=P1(O)OC[C@H]2OCC(F)C2OP(=O)(O)OC[C@@H](O)C(CO)O1. The number of alkyl halides is 1. The molecule has 23 heavy (non-hydrogen) atoms. The third-order valence-corrected chi connectivity index (χ3v) is 5.13. The molecule has 0 aromatic carbocycles. The summed E-state index contributed by atoms with van der Waals surface area (Å²) in [7, 11) is -9.47. The summed E-state index contributed by atoms with van der Waals surface area (Å²) in [4.78, 5) is 19.1. The molecule has 2 saturated heterocycles. The van der Waals surface area contributed by atoms with Gasteiger partial charge in [0.2, 0.25) is 0 Å². The predicted molar refractivity (Wildman–Crippen MR) is 69.0 cm³/mol. The van der Waals surface area contributed by atoms with E-state index < -0.39 is 72.7 Å². The lowest BCUT2D eigenvalue weighted by Gasteiger charge is -2.28. The summed E-state index contributed by atoms with van der Waals surface area (Å²) in [6, 6.07) is 0. The van der Waals surface area contributed by atoms with Crippen molar-refractivity contribution in [2.75, 3.05) is 26.4 Å². The predicted octanol–water partition coefficient (Wildman–Crippen LogP) is -0.906. The minimum Gasteiger partial charge on any atom is -0.394 e. The number of aliphatic hydroxyl groups is 2. The zero-order chi connectivity index (χ0) is 17.3. The van der Waals surface area contributed by atoms with Crippen molar-refractivity contribution in [3.05, 3.63) is 0 Å². The van der Waals surface area contributed by atoms with Crippen LogP contribution in [0.3, 0.4) is 0 Å². The molecular weight excluding hydrogens is 365 g/mol. The van der Waals surface area contributed by atoms with Gasteiger partial charge in [-0.05, 0) is 0 Å². The molecule has 14 heteroatoms. The van der Waals surface area contributed by atoms with Crippen molar-refractivity contribution < 1.29 is 56.4 Å². The maximum Gasteiger partial charge on any atom is 0.472 e. The second-order valence-electron chi connectivity index (χ2n) is 4.88. The van der Waals surface area contributed by atoms with Gasteiger partial charge in [0.1, 0.15) is 24.4 Å². The molecule has 2 fully saturated rings. The first-order valence-electron chi connectivity index (χ1n) is 6.49. The Labute approximate surface area is 130 Å². The molecule has 2 heterocycles. The highest BCUT2D eigenvalue weighted by Crippen LogP contribution is 2.50. The van der Waals surface area contributed by atoms with Crippen molar-refractivity contribution in [1.82, 2.24) is 0 Å². The van der Waals surface area contributed by atoms with Crippen LogP contribution in [0.5, 0.6) is 0 Å². The first-order valence-corrected chi connectivity index (χ1v) is 9.49. The zero-order valence-corrected chi connectivity index (χ0v) is 13.4. The summed E-state index contributed by atoms with van der Waals surface area (Å²) in [6.07, 6.45) is -7.99. The van der Waals surface area contributed by atoms with Gasteiger partial charge in [-0.3, -0.25) is 18.1 Å². The van der Waals surface area contributed by atoms with E-state index in [0.29, 0.717) is 0 Å². The van der Waals surface area contributed by atoms with E-state index in [4.69, 9.17) is 9.84 Å². The molecule has 0 radical (unpaired) electrons. The Morgan fingerprint density at radius 3 is 2.30 bits per heavy atom. The number of hydrogen-bond donors (Lipinski definition) is 4. The molecule has 2 aliphatic rings. The van der Waals surface area contributed by atoms with Crippen LogP contribution in [0.4, 0.5) is 4.39 Å². The molecule has 0 saturated carbocycles. The fourth-order valence-electron chi connectivity index (χ4n) is 1.97. The lowest BCUT2D eigenvalue weighted by Crippen LogP contribution is -2.38. The van der Waals surface area contributed by atoms with Gasteiger partial charge in [-0.2, -0.15) is 0 Å². The van der Waals surface area contributed by atoms with Crippen LogP contribution in [-0.2, 0) is 32.0 Å². The van der Waals surface area contributed by atoms with Gasteiger partial charge in [0.25, 0.3) is 0 Å². The van der Waals surface area contributed by atoms with E-state index in [0.717, 1.165) is 0 Å². The maximum absolute atomic E-state index is 13.7. The molecule has 0 spiro atoms. The minimum absolute atomic E-state index is 0.475. The topological polar surface area (TPSA) is 161 Å². The fourth-order valence-corrected chi connectivity index (χ4v) is 3.89. The molecule has 4 N–H and O–H groups in total. The Kier molecular flexibility index (Phi) is 6.32. The van der Waals surface area contributed by atoms with E-state index in [2.05, 4.69) is 18.1 Å². The maximum atomic E-state index is 13.7. The van der Waals surface area contributed by atoms with Gasteiger partial charge in [0.05, 0.1) is 26.4 Å². The monoisotopic (exact) mass is 382 g/mol. The Hall–Kier alpha value is 0.0300. The number of fused-ring (bicyclic) bond motifs is 1. The van der Waals surface area contributed by atoms with Crippen LogP contribution in [0.15, 0.2) is 0 Å². The molecule has 7 atom stereocenters. The average molecular weight is 382 g/mol. The van der Waals surface area contributed by atoms with Crippen LogP contribution in [-0.4, -0.2) is 77.0 Å². The van der Waals surface area contributed by atoms with Gasteiger partial charge in [-0.15, -0.1) is 0 Å². The molecule has 0 aliphatic carbocycles. The summed E-state index contributed by atoms with van der Waals surface area (Å²) in [5, 5.41) is 18.7. The van der Waals surface area contributed by atoms with Crippen molar-refractivity contribution in [2.24, 2.45) is 0 Å². The van der Waals surface area contributed by atoms with Gasteiger partial charge in [0.15, 0.2) is 6.17 Å². The second-order valence-corrected chi connectivity index (χ2v) is 7.69. The quantitative estimate of drug-likeness (QED) is 0.416. The smallest absolute Gasteiger partial charge is 0.394 e.